The number of hydrogen-bond acceptors (Lipinski definition) is 4. The summed E-state index contributed by atoms with van der Waals surface area (Å²) in [5, 5.41) is 4.16. The Morgan fingerprint density at radius 3 is 2.96 bits per heavy atom. The van der Waals surface area contributed by atoms with E-state index in [-0.39, 0.29) is 11.3 Å². The highest BCUT2D eigenvalue weighted by atomic mass is 16.5. The summed E-state index contributed by atoms with van der Waals surface area (Å²) >= 11 is 0. The van der Waals surface area contributed by atoms with Gasteiger partial charge in [-0.15, -0.1) is 0 Å². The van der Waals surface area contributed by atoms with Crippen LogP contribution in [0.5, 0.6) is 0 Å². The van der Waals surface area contributed by atoms with Gasteiger partial charge in [-0.3, -0.25) is 4.79 Å². The van der Waals surface area contributed by atoms with E-state index in [4.69, 9.17) is 4.74 Å². The Morgan fingerprint density at radius 2 is 2.17 bits per heavy atom. The van der Waals surface area contributed by atoms with Crippen LogP contribution in [-0.2, 0) is 4.74 Å². The second-order valence-corrected chi connectivity index (χ2v) is 6.49. The predicted molar refractivity (Wildman–Crippen MR) is 84.4 cm³/mol. The van der Waals surface area contributed by atoms with E-state index in [2.05, 4.69) is 10.1 Å². The number of hydrogen-bond donors (Lipinski definition) is 0. The van der Waals surface area contributed by atoms with Crippen molar-refractivity contribution in [3.63, 3.8) is 0 Å². The van der Waals surface area contributed by atoms with Gasteiger partial charge in [0.05, 0.1) is 17.9 Å². The monoisotopic (exact) mass is 312 g/mol. The van der Waals surface area contributed by atoms with Crippen LogP contribution < -0.4 is 0 Å². The third-order valence-electron chi connectivity index (χ3n) is 4.93. The highest BCUT2D eigenvalue weighted by Crippen LogP contribution is 2.38. The van der Waals surface area contributed by atoms with Crippen LogP contribution in [0.4, 0.5) is 0 Å². The third-order valence-corrected chi connectivity index (χ3v) is 4.93. The smallest absolute Gasteiger partial charge is 0.256 e. The summed E-state index contributed by atoms with van der Waals surface area (Å²) in [6, 6.07) is 7.58. The Labute approximate surface area is 135 Å². The van der Waals surface area contributed by atoms with Gasteiger partial charge in [0, 0.05) is 25.1 Å². The van der Waals surface area contributed by atoms with Crippen molar-refractivity contribution in [1.82, 2.24) is 19.7 Å². The molecule has 1 aromatic carbocycles. The lowest BCUT2D eigenvalue weighted by Gasteiger charge is -2.39. The molecule has 4 rings (SSSR count). The first kappa shape index (κ1) is 14.4. The summed E-state index contributed by atoms with van der Waals surface area (Å²) in [5.74, 6) is 0.0714. The van der Waals surface area contributed by atoms with E-state index in [9.17, 15) is 4.79 Å². The van der Waals surface area contributed by atoms with Crippen LogP contribution in [0, 0.1) is 5.41 Å². The first-order chi connectivity index (χ1) is 11.3. The second-order valence-electron chi connectivity index (χ2n) is 6.49. The fraction of sp³-hybridized carbons (Fsp3) is 0.471. The van der Waals surface area contributed by atoms with Crippen molar-refractivity contribution in [2.75, 3.05) is 26.3 Å². The molecule has 1 aromatic heterocycles. The first-order valence-corrected chi connectivity index (χ1v) is 8.09. The summed E-state index contributed by atoms with van der Waals surface area (Å²) in [5.41, 5.74) is 1.61. The fourth-order valence-corrected chi connectivity index (χ4v) is 3.71. The molecule has 2 fully saturated rings. The SMILES string of the molecule is O=C(c1ccccc1-n1cncn1)N1CCC[C@]2(CCOC2)C1. The third kappa shape index (κ3) is 2.63. The maximum Gasteiger partial charge on any atom is 0.256 e. The van der Waals surface area contributed by atoms with Gasteiger partial charge in [-0.25, -0.2) is 9.67 Å². The van der Waals surface area contributed by atoms with Gasteiger partial charge in [-0.2, -0.15) is 5.10 Å². The number of carbonyl (C=O) groups is 1. The van der Waals surface area contributed by atoms with Gasteiger partial charge in [-0.05, 0) is 31.4 Å². The molecule has 120 valence electrons. The fourth-order valence-electron chi connectivity index (χ4n) is 3.71. The number of piperidine rings is 1. The molecule has 0 N–H and O–H groups in total. The van der Waals surface area contributed by atoms with Crippen molar-refractivity contribution in [2.45, 2.75) is 19.3 Å². The molecular weight excluding hydrogens is 292 g/mol. The van der Waals surface area contributed by atoms with Crippen LogP contribution in [0.3, 0.4) is 0 Å². The quantitative estimate of drug-likeness (QED) is 0.850. The Morgan fingerprint density at radius 1 is 1.26 bits per heavy atom. The number of likely N-dealkylation sites (tertiary alicyclic amines) is 1. The van der Waals surface area contributed by atoms with E-state index in [0.717, 1.165) is 51.3 Å². The van der Waals surface area contributed by atoms with Gasteiger partial charge in [-0.1, -0.05) is 12.1 Å². The summed E-state index contributed by atoms with van der Waals surface area (Å²) in [7, 11) is 0. The zero-order chi connectivity index (χ0) is 15.7. The van der Waals surface area contributed by atoms with Gasteiger partial charge in [0.1, 0.15) is 12.7 Å². The van der Waals surface area contributed by atoms with Gasteiger partial charge in [0.15, 0.2) is 0 Å². The summed E-state index contributed by atoms with van der Waals surface area (Å²) < 4.78 is 7.24. The van der Waals surface area contributed by atoms with Crippen molar-refractivity contribution < 1.29 is 9.53 Å². The lowest BCUT2D eigenvalue weighted by Crippen LogP contribution is -2.46. The minimum absolute atomic E-state index is 0.0714. The average molecular weight is 312 g/mol. The van der Waals surface area contributed by atoms with Crippen molar-refractivity contribution in [3.05, 3.63) is 42.5 Å². The Kier molecular flexibility index (Phi) is 3.61. The van der Waals surface area contributed by atoms with E-state index in [0.29, 0.717) is 5.56 Å². The lowest BCUT2D eigenvalue weighted by molar-refractivity contribution is 0.0462. The van der Waals surface area contributed by atoms with Gasteiger partial charge in [0.2, 0.25) is 0 Å². The lowest BCUT2D eigenvalue weighted by atomic mass is 9.79. The molecule has 1 atom stereocenters. The molecule has 23 heavy (non-hydrogen) atoms. The maximum atomic E-state index is 13.1. The largest absolute Gasteiger partial charge is 0.381 e. The first-order valence-electron chi connectivity index (χ1n) is 8.09. The standard InChI is InChI=1S/C17H20N4O2/c22-16(20-8-3-6-17(10-20)7-9-23-11-17)14-4-1-2-5-15(14)21-13-18-12-19-21/h1-2,4-5,12-13H,3,6-11H2/t17-/m0/s1. The van der Waals surface area contributed by atoms with Crippen LogP contribution in [0.1, 0.15) is 29.6 Å². The zero-order valence-electron chi connectivity index (χ0n) is 13.0. The molecule has 0 saturated carbocycles. The minimum atomic E-state index is 0.0714. The zero-order valence-corrected chi connectivity index (χ0v) is 13.0. The van der Waals surface area contributed by atoms with Crippen molar-refractivity contribution in [1.29, 1.82) is 0 Å². The van der Waals surface area contributed by atoms with Gasteiger partial charge >= 0.3 is 0 Å². The number of ether oxygens (including phenoxy) is 1. The van der Waals surface area contributed by atoms with Crippen LogP contribution in [0.25, 0.3) is 5.69 Å². The van der Waals surface area contributed by atoms with Crippen molar-refractivity contribution in [3.8, 4) is 5.69 Å². The summed E-state index contributed by atoms with van der Waals surface area (Å²) in [4.78, 5) is 19.0. The number of carbonyl (C=O) groups excluding carboxylic acids is 1. The Hall–Kier alpha value is -2.21. The van der Waals surface area contributed by atoms with Crippen molar-refractivity contribution in [2.24, 2.45) is 5.41 Å². The molecule has 3 heterocycles. The molecule has 1 amide bonds. The molecule has 2 aliphatic heterocycles. The molecule has 6 heteroatoms. The average Bonchev–Trinajstić information content (AvgIpc) is 3.27. The van der Waals surface area contributed by atoms with Crippen LogP contribution in [0.2, 0.25) is 0 Å². The molecule has 6 nitrogen and oxygen atoms in total. The number of nitrogens with zero attached hydrogens (tertiary/aromatic N) is 4. The van der Waals surface area contributed by atoms with E-state index < -0.39 is 0 Å². The molecular formula is C17H20N4O2. The number of aromatic nitrogens is 3. The van der Waals surface area contributed by atoms with E-state index in [1.165, 1.54) is 6.33 Å². The molecule has 0 radical (unpaired) electrons. The maximum absolute atomic E-state index is 13.1. The second kappa shape index (κ2) is 5.77. The number of benzene rings is 1. The summed E-state index contributed by atoms with van der Waals surface area (Å²) in [6.45, 7) is 3.20. The molecule has 0 aliphatic carbocycles. The Balaban J connectivity index is 1.62. The molecule has 0 bridgehead atoms. The number of amides is 1. The van der Waals surface area contributed by atoms with Crippen LogP contribution in [-0.4, -0.2) is 51.9 Å². The molecule has 0 unspecified atom stereocenters. The molecule has 2 saturated heterocycles. The molecule has 1 spiro atoms. The molecule has 2 aromatic rings. The van der Waals surface area contributed by atoms with Crippen molar-refractivity contribution >= 4 is 5.91 Å². The minimum Gasteiger partial charge on any atom is -0.381 e. The van der Waals surface area contributed by atoms with Crippen LogP contribution >= 0.6 is 0 Å². The highest BCUT2D eigenvalue weighted by molar-refractivity contribution is 5.97. The summed E-state index contributed by atoms with van der Waals surface area (Å²) in [6.07, 6.45) is 6.35. The van der Waals surface area contributed by atoms with E-state index in [1.807, 2.05) is 29.2 Å². The van der Waals surface area contributed by atoms with E-state index >= 15 is 0 Å². The highest BCUT2D eigenvalue weighted by Gasteiger charge is 2.40. The topological polar surface area (TPSA) is 60.2 Å². The number of rotatable bonds is 2. The normalized spacial score (nSPS) is 24.3. The predicted octanol–water partition coefficient (Wildman–Crippen LogP) is 1.91. The van der Waals surface area contributed by atoms with E-state index in [1.54, 1.807) is 11.0 Å². The van der Waals surface area contributed by atoms with Crippen LogP contribution in [0.15, 0.2) is 36.9 Å². The Bertz CT molecular complexity index is 692. The van der Waals surface area contributed by atoms with Gasteiger partial charge < -0.3 is 9.64 Å². The van der Waals surface area contributed by atoms with Gasteiger partial charge in [0.25, 0.3) is 5.91 Å². The number of para-hydroxylation sites is 1. The molecule has 2 aliphatic rings.